The van der Waals surface area contributed by atoms with Gasteiger partial charge >= 0.3 is 0 Å². The summed E-state index contributed by atoms with van der Waals surface area (Å²) in [7, 11) is 0. The lowest BCUT2D eigenvalue weighted by Crippen LogP contribution is -2.43. The molecular formula is C12H26N2. The van der Waals surface area contributed by atoms with E-state index in [1.54, 1.807) is 0 Å². The lowest BCUT2D eigenvalue weighted by molar-refractivity contribution is 0.186. The number of hydrogen-bond donors (Lipinski definition) is 2. The van der Waals surface area contributed by atoms with Crippen molar-refractivity contribution in [3.05, 3.63) is 0 Å². The Kier molecular flexibility index (Phi) is 5.49. The van der Waals surface area contributed by atoms with Gasteiger partial charge in [0.25, 0.3) is 0 Å². The van der Waals surface area contributed by atoms with Crippen molar-refractivity contribution >= 4 is 0 Å². The Hall–Kier alpha value is -0.0800. The van der Waals surface area contributed by atoms with Crippen molar-refractivity contribution in [1.82, 2.24) is 10.6 Å². The SMILES string of the molecule is CCCCNCC1(CC)CCNCC1. The van der Waals surface area contributed by atoms with Crippen molar-refractivity contribution in [2.24, 2.45) is 5.41 Å². The number of nitrogens with one attached hydrogen (secondary N) is 2. The molecule has 0 aromatic rings. The maximum atomic E-state index is 3.62. The molecule has 14 heavy (non-hydrogen) atoms. The van der Waals surface area contributed by atoms with E-state index >= 15 is 0 Å². The van der Waals surface area contributed by atoms with Crippen molar-refractivity contribution in [2.45, 2.75) is 46.0 Å². The molecule has 1 heterocycles. The molecule has 1 aliphatic heterocycles. The van der Waals surface area contributed by atoms with Gasteiger partial charge in [-0.05, 0) is 50.7 Å². The van der Waals surface area contributed by atoms with Crippen LogP contribution in [0.15, 0.2) is 0 Å². The highest BCUT2D eigenvalue weighted by Gasteiger charge is 2.29. The van der Waals surface area contributed by atoms with Crippen LogP contribution in [0.25, 0.3) is 0 Å². The van der Waals surface area contributed by atoms with Gasteiger partial charge in [0.1, 0.15) is 0 Å². The molecule has 0 aromatic carbocycles. The van der Waals surface area contributed by atoms with Crippen LogP contribution in [0.5, 0.6) is 0 Å². The summed E-state index contributed by atoms with van der Waals surface area (Å²) < 4.78 is 0. The van der Waals surface area contributed by atoms with Gasteiger partial charge in [0.05, 0.1) is 0 Å². The molecule has 0 spiro atoms. The van der Waals surface area contributed by atoms with Crippen molar-refractivity contribution in [3.8, 4) is 0 Å². The third kappa shape index (κ3) is 3.58. The van der Waals surface area contributed by atoms with E-state index < -0.39 is 0 Å². The first-order valence-electron chi connectivity index (χ1n) is 6.24. The Morgan fingerprint density at radius 1 is 1.21 bits per heavy atom. The van der Waals surface area contributed by atoms with E-state index in [-0.39, 0.29) is 0 Å². The number of hydrogen-bond acceptors (Lipinski definition) is 2. The Morgan fingerprint density at radius 2 is 1.93 bits per heavy atom. The second-order valence-corrected chi connectivity index (χ2v) is 4.63. The summed E-state index contributed by atoms with van der Waals surface area (Å²) in [5.41, 5.74) is 0.596. The lowest BCUT2D eigenvalue weighted by atomic mass is 9.76. The fourth-order valence-electron chi connectivity index (χ4n) is 2.27. The monoisotopic (exact) mass is 198 g/mol. The van der Waals surface area contributed by atoms with Crippen LogP contribution >= 0.6 is 0 Å². The van der Waals surface area contributed by atoms with Gasteiger partial charge in [0.15, 0.2) is 0 Å². The zero-order valence-electron chi connectivity index (χ0n) is 9.86. The summed E-state index contributed by atoms with van der Waals surface area (Å²) in [5, 5.41) is 7.07. The molecule has 0 radical (unpaired) electrons. The highest BCUT2D eigenvalue weighted by Crippen LogP contribution is 2.31. The molecule has 2 nitrogen and oxygen atoms in total. The van der Waals surface area contributed by atoms with E-state index in [2.05, 4.69) is 24.5 Å². The third-order valence-electron chi connectivity index (χ3n) is 3.62. The molecule has 1 saturated heterocycles. The lowest BCUT2D eigenvalue weighted by Gasteiger charge is -2.37. The van der Waals surface area contributed by atoms with E-state index in [1.165, 1.54) is 58.3 Å². The van der Waals surface area contributed by atoms with Gasteiger partial charge in [-0.25, -0.2) is 0 Å². The highest BCUT2D eigenvalue weighted by molar-refractivity contribution is 4.85. The average molecular weight is 198 g/mol. The minimum Gasteiger partial charge on any atom is -0.317 e. The normalized spacial score (nSPS) is 21.0. The van der Waals surface area contributed by atoms with Crippen LogP contribution in [-0.2, 0) is 0 Å². The van der Waals surface area contributed by atoms with E-state index in [0.29, 0.717) is 5.41 Å². The maximum Gasteiger partial charge on any atom is 0.000866 e. The Labute approximate surface area is 88.8 Å². The summed E-state index contributed by atoms with van der Waals surface area (Å²) in [6.07, 6.45) is 6.64. The van der Waals surface area contributed by atoms with Crippen LogP contribution in [0.3, 0.4) is 0 Å². The molecule has 1 aliphatic rings. The van der Waals surface area contributed by atoms with Crippen LogP contribution in [0.2, 0.25) is 0 Å². The molecule has 0 saturated carbocycles. The minimum absolute atomic E-state index is 0.596. The molecule has 0 amide bonds. The smallest absolute Gasteiger partial charge is 0.000866 e. The Balaban J connectivity index is 2.22. The Bertz CT molecular complexity index is 139. The van der Waals surface area contributed by atoms with Gasteiger partial charge in [-0.1, -0.05) is 20.3 Å². The minimum atomic E-state index is 0.596. The summed E-state index contributed by atoms with van der Waals surface area (Å²) >= 11 is 0. The second-order valence-electron chi connectivity index (χ2n) is 4.63. The Morgan fingerprint density at radius 3 is 2.50 bits per heavy atom. The van der Waals surface area contributed by atoms with E-state index in [1.807, 2.05) is 0 Å². The summed E-state index contributed by atoms with van der Waals surface area (Å²) in [5.74, 6) is 0. The predicted octanol–water partition coefficient (Wildman–Crippen LogP) is 2.16. The fourth-order valence-corrected chi connectivity index (χ4v) is 2.27. The molecular weight excluding hydrogens is 172 g/mol. The summed E-state index contributed by atoms with van der Waals surface area (Å²) in [4.78, 5) is 0. The first-order chi connectivity index (χ1) is 6.83. The first-order valence-corrected chi connectivity index (χ1v) is 6.24. The molecule has 0 bridgehead atoms. The first kappa shape index (κ1) is 12.0. The van der Waals surface area contributed by atoms with Crippen LogP contribution in [0.1, 0.15) is 46.0 Å². The second kappa shape index (κ2) is 6.41. The van der Waals surface area contributed by atoms with Crippen molar-refractivity contribution in [3.63, 3.8) is 0 Å². The van der Waals surface area contributed by atoms with E-state index in [9.17, 15) is 0 Å². The molecule has 84 valence electrons. The summed E-state index contributed by atoms with van der Waals surface area (Å²) in [6.45, 7) is 9.44. The van der Waals surface area contributed by atoms with Gasteiger partial charge in [-0.3, -0.25) is 0 Å². The highest BCUT2D eigenvalue weighted by atomic mass is 14.9. The van der Waals surface area contributed by atoms with E-state index in [0.717, 1.165) is 0 Å². The maximum absolute atomic E-state index is 3.62. The van der Waals surface area contributed by atoms with Crippen LogP contribution in [-0.4, -0.2) is 26.2 Å². The number of rotatable bonds is 6. The number of unbranched alkanes of at least 4 members (excludes halogenated alkanes) is 1. The van der Waals surface area contributed by atoms with Crippen molar-refractivity contribution in [1.29, 1.82) is 0 Å². The van der Waals surface area contributed by atoms with Gasteiger partial charge < -0.3 is 10.6 Å². The van der Waals surface area contributed by atoms with Crippen LogP contribution < -0.4 is 10.6 Å². The zero-order valence-corrected chi connectivity index (χ0v) is 9.86. The largest absolute Gasteiger partial charge is 0.317 e. The fraction of sp³-hybridized carbons (Fsp3) is 1.00. The molecule has 0 aliphatic carbocycles. The van der Waals surface area contributed by atoms with Crippen molar-refractivity contribution < 1.29 is 0 Å². The molecule has 1 rings (SSSR count). The molecule has 0 unspecified atom stereocenters. The topological polar surface area (TPSA) is 24.1 Å². The molecule has 2 N–H and O–H groups in total. The molecule has 1 fully saturated rings. The molecule has 0 atom stereocenters. The quantitative estimate of drug-likeness (QED) is 0.639. The van der Waals surface area contributed by atoms with Crippen molar-refractivity contribution in [2.75, 3.05) is 26.2 Å². The van der Waals surface area contributed by atoms with Crippen LogP contribution in [0.4, 0.5) is 0 Å². The standard InChI is InChI=1S/C12H26N2/c1-3-5-8-14-11-12(4-2)6-9-13-10-7-12/h13-14H,3-11H2,1-2H3. The predicted molar refractivity (Wildman–Crippen MR) is 62.6 cm³/mol. The van der Waals surface area contributed by atoms with Crippen LogP contribution in [0, 0.1) is 5.41 Å². The van der Waals surface area contributed by atoms with E-state index in [4.69, 9.17) is 0 Å². The molecule has 2 heteroatoms. The molecule has 0 aromatic heterocycles. The van der Waals surface area contributed by atoms with Gasteiger partial charge in [-0.15, -0.1) is 0 Å². The average Bonchev–Trinajstić information content (AvgIpc) is 2.26. The van der Waals surface area contributed by atoms with Gasteiger partial charge in [0.2, 0.25) is 0 Å². The zero-order chi connectivity index (χ0) is 10.3. The number of piperidine rings is 1. The van der Waals surface area contributed by atoms with Gasteiger partial charge in [0, 0.05) is 6.54 Å². The third-order valence-corrected chi connectivity index (χ3v) is 3.62. The van der Waals surface area contributed by atoms with Gasteiger partial charge in [-0.2, -0.15) is 0 Å². The summed E-state index contributed by atoms with van der Waals surface area (Å²) in [6, 6.07) is 0.